The van der Waals surface area contributed by atoms with Crippen LogP contribution in [0.1, 0.15) is 25.5 Å². The molecule has 2 atom stereocenters. The molecular weight excluding hydrogens is 226 g/mol. The molecule has 0 aliphatic rings. The molecule has 3 N–H and O–H groups in total. The molecule has 4 heteroatoms. The Hall–Kier alpha value is -0.770. The first-order valence-corrected chi connectivity index (χ1v) is 5.62. The predicted octanol–water partition coefficient (Wildman–Crippen LogP) is 2.37. The summed E-state index contributed by atoms with van der Waals surface area (Å²) in [6.07, 6.45) is -0.618. The van der Waals surface area contributed by atoms with E-state index in [1.54, 1.807) is 25.3 Å². The zero-order valence-electron chi connectivity index (χ0n) is 9.77. The summed E-state index contributed by atoms with van der Waals surface area (Å²) in [4.78, 5) is 0. The van der Waals surface area contributed by atoms with Gasteiger partial charge < -0.3 is 15.6 Å². The second-order valence-electron chi connectivity index (χ2n) is 4.15. The first-order chi connectivity index (χ1) is 7.47. The fourth-order valence-electron chi connectivity index (χ4n) is 1.56. The number of rotatable bonds is 4. The van der Waals surface area contributed by atoms with Gasteiger partial charge in [-0.2, -0.15) is 0 Å². The molecule has 0 saturated heterocycles. The molecule has 0 heterocycles. The minimum absolute atomic E-state index is 0.0821. The molecule has 0 aromatic heterocycles. The number of aliphatic hydroxyl groups is 1. The third-order valence-corrected chi connectivity index (χ3v) is 2.84. The van der Waals surface area contributed by atoms with Crippen molar-refractivity contribution in [3.05, 3.63) is 28.8 Å². The van der Waals surface area contributed by atoms with Crippen molar-refractivity contribution in [3.8, 4) is 5.75 Å². The second-order valence-corrected chi connectivity index (χ2v) is 4.58. The van der Waals surface area contributed by atoms with Crippen molar-refractivity contribution in [2.24, 2.45) is 11.7 Å². The van der Waals surface area contributed by atoms with Gasteiger partial charge in [0, 0.05) is 10.6 Å². The molecule has 0 radical (unpaired) electrons. The fraction of sp³-hybridized carbons (Fsp3) is 0.500. The normalized spacial score (nSPS) is 14.9. The summed E-state index contributed by atoms with van der Waals surface area (Å²) in [5.74, 6) is 0.732. The van der Waals surface area contributed by atoms with Crippen LogP contribution in [0.4, 0.5) is 0 Å². The number of benzene rings is 1. The summed E-state index contributed by atoms with van der Waals surface area (Å²) in [6.45, 7) is 3.84. The highest BCUT2D eigenvalue weighted by Gasteiger charge is 2.23. The van der Waals surface area contributed by atoms with Crippen molar-refractivity contribution in [2.75, 3.05) is 7.11 Å². The van der Waals surface area contributed by atoms with Gasteiger partial charge in [0.25, 0.3) is 0 Å². The Labute approximate surface area is 101 Å². The standard InChI is InChI=1S/C12H18ClNO2/c1-7(2)12(15)11(14)9-6-8(13)4-5-10(9)16-3/h4-7,11-12,15H,14H2,1-3H3/t11-,12+/m1/s1. The average Bonchev–Trinajstić information content (AvgIpc) is 2.26. The first-order valence-electron chi connectivity index (χ1n) is 5.24. The van der Waals surface area contributed by atoms with E-state index in [-0.39, 0.29) is 5.92 Å². The van der Waals surface area contributed by atoms with Gasteiger partial charge in [-0.05, 0) is 24.1 Å². The van der Waals surface area contributed by atoms with Crippen molar-refractivity contribution in [2.45, 2.75) is 26.0 Å². The van der Waals surface area contributed by atoms with Gasteiger partial charge >= 0.3 is 0 Å². The molecule has 0 unspecified atom stereocenters. The van der Waals surface area contributed by atoms with Crippen molar-refractivity contribution in [3.63, 3.8) is 0 Å². The number of aliphatic hydroxyl groups excluding tert-OH is 1. The Kier molecular flexibility index (Phi) is 4.59. The molecule has 0 aliphatic carbocycles. The lowest BCUT2D eigenvalue weighted by atomic mass is 9.94. The lowest BCUT2D eigenvalue weighted by molar-refractivity contribution is 0.0969. The number of ether oxygens (including phenoxy) is 1. The quantitative estimate of drug-likeness (QED) is 0.854. The van der Waals surface area contributed by atoms with Crippen LogP contribution in [0.3, 0.4) is 0 Å². The van der Waals surface area contributed by atoms with Gasteiger partial charge in [0.15, 0.2) is 0 Å². The van der Waals surface area contributed by atoms with Crippen LogP contribution in [0.25, 0.3) is 0 Å². The van der Waals surface area contributed by atoms with Gasteiger partial charge in [0.1, 0.15) is 5.75 Å². The zero-order chi connectivity index (χ0) is 12.3. The van der Waals surface area contributed by atoms with Crippen molar-refractivity contribution >= 4 is 11.6 Å². The molecule has 1 aromatic rings. The van der Waals surface area contributed by atoms with E-state index in [1.807, 2.05) is 13.8 Å². The molecule has 0 saturated carbocycles. The van der Waals surface area contributed by atoms with Crippen LogP contribution in [0.15, 0.2) is 18.2 Å². The summed E-state index contributed by atoms with van der Waals surface area (Å²) in [6, 6.07) is 4.73. The van der Waals surface area contributed by atoms with Crippen LogP contribution in [0.5, 0.6) is 5.75 Å². The van der Waals surface area contributed by atoms with E-state index in [2.05, 4.69) is 0 Å². The van der Waals surface area contributed by atoms with Crippen LogP contribution >= 0.6 is 11.6 Å². The maximum atomic E-state index is 9.94. The molecule has 0 amide bonds. The number of halogens is 1. The van der Waals surface area contributed by atoms with E-state index in [0.29, 0.717) is 10.8 Å². The maximum Gasteiger partial charge on any atom is 0.123 e. The molecule has 0 fully saturated rings. The summed E-state index contributed by atoms with van der Waals surface area (Å²) in [5.41, 5.74) is 6.73. The van der Waals surface area contributed by atoms with E-state index in [1.165, 1.54) is 0 Å². The number of nitrogens with two attached hydrogens (primary N) is 1. The highest BCUT2D eigenvalue weighted by molar-refractivity contribution is 6.30. The molecule has 3 nitrogen and oxygen atoms in total. The van der Waals surface area contributed by atoms with Crippen LogP contribution < -0.4 is 10.5 Å². The molecule has 0 spiro atoms. The van der Waals surface area contributed by atoms with E-state index in [9.17, 15) is 5.11 Å². The van der Waals surface area contributed by atoms with E-state index < -0.39 is 12.1 Å². The minimum Gasteiger partial charge on any atom is -0.496 e. The van der Waals surface area contributed by atoms with Crippen molar-refractivity contribution < 1.29 is 9.84 Å². The Morgan fingerprint density at radius 2 is 2.00 bits per heavy atom. The molecule has 90 valence electrons. The predicted molar refractivity (Wildman–Crippen MR) is 65.8 cm³/mol. The summed E-state index contributed by atoms with van der Waals surface area (Å²) >= 11 is 5.91. The van der Waals surface area contributed by atoms with Gasteiger partial charge in [-0.15, -0.1) is 0 Å². The van der Waals surface area contributed by atoms with Gasteiger partial charge in [-0.3, -0.25) is 0 Å². The molecule has 1 aromatic carbocycles. The molecule has 0 aliphatic heterocycles. The average molecular weight is 244 g/mol. The lowest BCUT2D eigenvalue weighted by Crippen LogP contribution is -2.30. The van der Waals surface area contributed by atoms with Gasteiger partial charge in [-0.1, -0.05) is 25.4 Å². The monoisotopic (exact) mass is 243 g/mol. The topological polar surface area (TPSA) is 55.5 Å². The lowest BCUT2D eigenvalue weighted by Gasteiger charge is -2.24. The van der Waals surface area contributed by atoms with Gasteiger partial charge in [0.2, 0.25) is 0 Å². The highest BCUT2D eigenvalue weighted by atomic mass is 35.5. The zero-order valence-corrected chi connectivity index (χ0v) is 10.5. The summed E-state index contributed by atoms with van der Waals surface area (Å²) in [5, 5.41) is 10.5. The first kappa shape index (κ1) is 13.3. The number of methoxy groups -OCH3 is 1. The number of hydrogen-bond acceptors (Lipinski definition) is 3. The van der Waals surface area contributed by atoms with E-state index in [4.69, 9.17) is 22.1 Å². The Morgan fingerprint density at radius 1 is 1.38 bits per heavy atom. The Bertz CT molecular complexity index is 355. The van der Waals surface area contributed by atoms with Crippen LogP contribution in [0.2, 0.25) is 5.02 Å². The van der Waals surface area contributed by atoms with Crippen LogP contribution in [-0.4, -0.2) is 18.3 Å². The maximum absolute atomic E-state index is 9.94. The molecule has 0 bridgehead atoms. The third kappa shape index (κ3) is 2.88. The SMILES string of the molecule is COc1ccc(Cl)cc1[C@@H](N)[C@@H](O)C(C)C. The van der Waals surface area contributed by atoms with E-state index >= 15 is 0 Å². The largest absolute Gasteiger partial charge is 0.496 e. The van der Waals surface area contributed by atoms with Crippen molar-refractivity contribution in [1.82, 2.24) is 0 Å². The summed E-state index contributed by atoms with van der Waals surface area (Å²) < 4.78 is 5.20. The molecular formula is C12H18ClNO2. The van der Waals surface area contributed by atoms with Gasteiger partial charge in [0.05, 0.1) is 19.3 Å². The van der Waals surface area contributed by atoms with Crippen LogP contribution in [-0.2, 0) is 0 Å². The summed E-state index contributed by atoms with van der Waals surface area (Å²) in [7, 11) is 1.57. The Morgan fingerprint density at radius 3 is 2.50 bits per heavy atom. The smallest absolute Gasteiger partial charge is 0.123 e. The number of hydrogen-bond donors (Lipinski definition) is 2. The second kappa shape index (κ2) is 5.53. The van der Waals surface area contributed by atoms with Crippen LogP contribution in [0, 0.1) is 5.92 Å². The van der Waals surface area contributed by atoms with Crippen molar-refractivity contribution in [1.29, 1.82) is 0 Å². The van der Waals surface area contributed by atoms with E-state index in [0.717, 1.165) is 5.56 Å². The molecule has 16 heavy (non-hydrogen) atoms. The fourth-order valence-corrected chi connectivity index (χ4v) is 1.74. The Balaban J connectivity index is 3.05. The third-order valence-electron chi connectivity index (χ3n) is 2.60. The highest BCUT2D eigenvalue weighted by Crippen LogP contribution is 2.30. The minimum atomic E-state index is -0.618. The molecule has 1 rings (SSSR count). The van der Waals surface area contributed by atoms with Gasteiger partial charge in [-0.25, -0.2) is 0 Å².